The van der Waals surface area contributed by atoms with Gasteiger partial charge in [0.05, 0.1) is 55.6 Å². The van der Waals surface area contributed by atoms with E-state index in [2.05, 4.69) is 29.9 Å². The van der Waals surface area contributed by atoms with Gasteiger partial charge in [0.15, 0.2) is 47.4 Å². The Kier molecular flexibility index (Phi) is 13.9. The van der Waals surface area contributed by atoms with Crippen LogP contribution in [0.5, 0.6) is 0 Å². The molecular formula is C42H39F2N11O11P2S2. The van der Waals surface area contributed by atoms with Crippen molar-refractivity contribution in [3.05, 3.63) is 119 Å². The summed E-state index contributed by atoms with van der Waals surface area (Å²) in [6, 6.07) is 16.2. The van der Waals surface area contributed by atoms with Crippen molar-refractivity contribution in [3.63, 3.8) is 0 Å². The van der Waals surface area contributed by atoms with Crippen molar-refractivity contribution in [2.24, 2.45) is 0 Å². The number of amides is 1. The number of nitro groups is 1. The van der Waals surface area contributed by atoms with Crippen molar-refractivity contribution in [3.8, 4) is 6.07 Å². The lowest BCUT2D eigenvalue weighted by Gasteiger charge is -2.31. The van der Waals surface area contributed by atoms with Crippen molar-refractivity contribution in [2.45, 2.75) is 74.2 Å². The Labute approximate surface area is 405 Å². The van der Waals surface area contributed by atoms with E-state index in [1.165, 1.54) is 57.5 Å². The van der Waals surface area contributed by atoms with Crippen LogP contribution in [0, 0.1) is 21.4 Å². The summed E-state index contributed by atoms with van der Waals surface area (Å²) >= 11 is 6.38. The molecule has 3 fully saturated rings. The van der Waals surface area contributed by atoms with Crippen molar-refractivity contribution in [1.82, 2.24) is 39.0 Å². The summed E-state index contributed by atoms with van der Waals surface area (Å²) in [6.07, 6.45) is -4.50. The first kappa shape index (κ1) is 48.1. The molecule has 14 bridgehead atoms. The van der Waals surface area contributed by atoms with Gasteiger partial charge in [0.1, 0.15) is 42.6 Å². The van der Waals surface area contributed by atoms with E-state index in [0.29, 0.717) is 41.0 Å². The summed E-state index contributed by atoms with van der Waals surface area (Å²) in [5.41, 5.74) is 1.41. The molecule has 70 heavy (non-hydrogen) atoms. The number of halogens is 2. The average Bonchev–Trinajstić information content (AvgIpc) is 4.14. The monoisotopic (exact) mass is 1040 g/mol. The van der Waals surface area contributed by atoms with E-state index >= 15 is 13.3 Å². The highest BCUT2D eigenvalue weighted by molar-refractivity contribution is 8.54. The van der Waals surface area contributed by atoms with Crippen LogP contribution in [0.25, 0.3) is 22.3 Å². The second-order valence-corrected chi connectivity index (χ2v) is 23.0. The highest BCUT2D eigenvalue weighted by Gasteiger charge is 2.55. The molecule has 0 saturated carbocycles. The number of allylic oxidation sites excluding steroid dienone is 1. The number of para-hydroxylation sites is 1. The summed E-state index contributed by atoms with van der Waals surface area (Å²) in [5, 5.41) is 21.4. The molecular weight excluding hydrogens is 999 g/mol. The summed E-state index contributed by atoms with van der Waals surface area (Å²) in [6.45, 7) is -10.5. The predicted molar refractivity (Wildman–Crippen MR) is 248 cm³/mol. The van der Waals surface area contributed by atoms with E-state index < -0.39 is 86.8 Å². The molecule has 6 aromatic rings. The number of ether oxygens (including phenoxy) is 2. The molecule has 3 saturated heterocycles. The number of carbonyl (C=O) groups excluding carboxylic acids is 1. The molecule has 22 nitrogen and oxygen atoms in total. The lowest BCUT2D eigenvalue weighted by Crippen LogP contribution is -2.37. The summed E-state index contributed by atoms with van der Waals surface area (Å²) in [4.78, 5) is 53.9. The van der Waals surface area contributed by atoms with Crippen LogP contribution in [0.2, 0.25) is 0 Å². The molecule has 4 aromatic heterocycles. The number of alkyl halides is 2. The van der Waals surface area contributed by atoms with Gasteiger partial charge in [-0.05, 0) is 48.2 Å². The molecule has 1 unspecified atom stereocenters. The second-order valence-electron chi connectivity index (χ2n) is 16.0. The summed E-state index contributed by atoms with van der Waals surface area (Å²) in [7, 11) is 0. The van der Waals surface area contributed by atoms with Gasteiger partial charge in [-0.3, -0.25) is 42.5 Å². The number of rotatable bonds is 8. The minimum absolute atomic E-state index is 0.0227. The number of carbonyl (C=O) groups is 1. The maximum Gasteiger partial charge on any atom is 0.390 e. The normalized spacial score (nSPS) is 29.7. The zero-order valence-corrected chi connectivity index (χ0v) is 39.7. The number of benzene rings is 2. The van der Waals surface area contributed by atoms with Crippen LogP contribution in [-0.2, 0) is 60.6 Å². The van der Waals surface area contributed by atoms with Gasteiger partial charge in [-0.1, -0.05) is 48.6 Å². The highest BCUT2D eigenvalue weighted by atomic mass is 32.7. The third-order valence-electron chi connectivity index (χ3n) is 11.7. The zero-order valence-electron chi connectivity index (χ0n) is 36.3. The Morgan fingerprint density at radius 3 is 2.27 bits per heavy atom. The number of anilines is 1. The molecule has 11 rings (SSSR count). The maximum absolute atomic E-state index is 17.5. The van der Waals surface area contributed by atoms with Crippen LogP contribution >= 0.6 is 24.9 Å². The van der Waals surface area contributed by atoms with Crippen LogP contribution in [-0.4, -0.2) is 113 Å². The van der Waals surface area contributed by atoms with Crippen molar-refractivity contribution in [2.75, 3.05) is 31.3 Å². The zero-order chi connectivity index (χ0) is 48.6. The van der Waals surface area contributed by atoms with Crippen LogP contribution in [0.1, 0.15) is 46.9 Å². The third kappa shape index (κ3) is 9.51. The van der Waals surface area contributed by atoms with Crippen LogP contribution in [0.15, 0.2) is 92.1 Å². The number of imidazole rings is 2. The molecule has 10 atom stereocenters. The Morgan fingerprint density at radius 1 is 0.886 bits per heavy atom. The third-order valence-corrected chi connectivity index (χ3v) is 17.7. The van der Waals surface area contributed by atoms with Gasteiger partial charge >= 0.3 is 13.5 Å². The van der Waals surface area contributed by atoms with E-state index in [9.17, 15) is 20.2 Å². The van der Waals surface area contributed by atoms with Crippen molar-refractivity contribution >= 4 is 76.4 Å². The first-order valence-corrected chi connectivity index (χ1v) is 27.3. The van der Waals surface area contributed by atoms with E-state index in [4.69, 9.17) is 43.9 Å². The molecule has 5 aliphatic rings. The number of nitro benzene ring substituents is 1. The maximum atomic E-state index is 17.5. The SMILES string of the molecule is N#CCCO[P@]1(=S)OC[C@H]2O[C@@H]3[C@H](F)[C@@H]2O[P@@](=O)(SCc2ccccc2[N+](=O)[O-])OC[C@H]2OC([C@H](F)[C@@H]2O1)n1cnc2c(ncnc21)N(C(=O)c1ccccc1)C/C=C/CCc1ncnc2c1ncn23. The fraction of sp³-hybridized carbons (Fsp3) is 0.381. The fourth-order valence-electron chi connectivity index (χ4n) is 8.36. The number of fused-ring (bicyclic) bond motifs is 10. The number of hydrogen-bond acceptors (Lipinski definition) is 20. The Bertz CT molecular complexity index is 3120. The Hall–Kier alpha value is -5.55. The van der Waals surface area contributed by atoms with Gasteiger partial charge in [-0.25, -0.2) is 43.2 Å². The molecule has 0 N–H and O–H groups in total. The standard InChI is InChI=1S/C42H39F2N11O11P2S2/c43-31-35-30-19-62-68(69,60-17-9-15-45)66-36-29(18-61-67(59,65-35)70-20-26-12-6-7-14-28(26)55(57)58)63-42(32(36)44)54-24-51-34-38(48-22-49-39(34)54)52(40(56)25-10-3-1-4-11-25)16-8-2-5-13-27-33-37(47-21-46-27)53(23-50-33)41(31)64-30/h1-4,6-8,10-12,14,21-24,29-32,35-36,41-42H,5,9,13,16-20H2/b8-2+/t29-,30-,31-,32-,35-,36-,41-,42?,67+,68+/m1/s1. The number of aromatic nitrogens is 8. The lowest BCUT2D eigenvalue weighted by molar-refractivity contribution is -0.385. The van der Waals surface area contributed by atoms with Crippen LogP contribution in [0.4, 0.5) is 20.3 Å². The minimum Gasteiger partial charge on any atom is -0.346 e. The minimum atomic E-state index is -4.71. The molecule has 2 aromatic carbocycles. The predicted octanol–water partition coefficient (Wildman–Crippen LogP) is 7.21. The lowest BCUT2D eigenvalue weighted by atomic mass is 10.1. The van der Waals surface area contributed by atoms with Gasteiger partial charge in [0.25, 0.3) is 11.6 Å². The number of aryl methyl sites for hydroxylation is 1. The first-order chi connectivity index (χ1) is 33.9. The Balaban J connectivity index is 1.11. The Morgan fingerprint density at radius 2 is 1.54 bits per heavy atom. The number of nitrogens with zero attached hydrogens (tertiary/aromatic N) is 11. The number of hydrogen-bond donors (Lipinski definition) is 0. The highest BCUT2D eigenvalue weighted by Crippen LogP contribution is 2.65. The van der Waals surface area contributed by atoms with Crippen LogP contribution in [0.3, 0.4) is 0 Å². The quantitative estimate of drug-likeness (QED) is 0.0479. The molecule has 364 valence electrons. The van der Waals surface area contributed by atoms with E-state index in [0.717, 1.165) is 0 Å². The van der Waals surface area contributed by atoms with Gasteiger partial charge in [-0.2, -0.15) is 5.26 Å². The van der Waals surface area contributed by atoms with Gasteiger partial charge in [-0.15, -0.1) is 0 Å². The average molecular weight is 1040 g/mol. The van der Waals surface area contributed by atoms with Gasteiger partial charge in [0.2, 0.25) is 0 Å². The topological polar surface area (TPSA) is 256 Å². The van der Waals surface area contributed by atoms with Gasteiger partial charge in [0, 0.05) is 29.5 Å². The van der Waals surface area contributed by atoms with Crippen molar-refractivity contribution in [1.29, 1.82) is 5.26 Å². The van der Waals surface area contributed by atoms with Gasteiger partial charge < -0.3 is 18.5 Å². The molecule has 9 heterocycles. The first-order valence-electron chi connectivity index (χ1n) is 21.6. The second kappa shape index (κ2) is 20.3. The van der Waals surface area contributed by atoms with E-state index in [1.54, 1.807) is 42.5 Å². The molecule has 1 amide bonds. The number of nitriles is 1. The fourth-order valence-corrected chi connectivity index (χ4v) is 13.8. The largest absolute Gasteiger partial charge is 0.390 e. The van der Waals surface area contributed by atoms with Crippen LogP contribution < -0.4 is 4.90 Å². The molecule has 0 spiro atoms. The molecule has 28 heteroatoms. The van der Waals surface area contributed by atoms with Crippen molar-refractivity contribution < 1.29 is 55.2 Å². The molecule has 5 aliphatic heterocycles. The van der Waals surface area contributed by atoms with E-state index in [1.807, 2.05) is 12.1 Å². The molecule has 0 aliphatic carbocycles. The summed E-state index contributed by atoms with van der Waals surface area (Å²) < 4.78 is 95.8. The molecule has 0 radical (unpaired) electrons. The van der Waals surface area contributed by atoms with E-state index in [-0.39, 0.29) is 59.2 Å². The summed E-state index contributed by atoms with van der Waals surface area (Å²) in [5.74, 6) is -0.635. The smallest absolute Gasteiger partial charge is 0.346 e.